The Balaban J connectivity index is 1.85. The second kappa shape index (κ2) is 6.07. The number of para-hydroxylation sites is 1. The second-order valence-corrected chi connectivity index (χ2v) is 6.04. The van der Waals surface area contributed by atoms with Crippen molar-refractivity contribution in [3.05, 3.63) is 54.1 Å². The Bertz CT molecular complexity index is 895. The predicted octanol–water partition coefficient (Wildman–Crippen LogP) is 3.45. The molecule has 1 N–H and O–H groups in total. The summed E-state index contributed by atoms with van der Waals surface area (Å²) in [6.45, 7) is 3.38. The molecule has 1 aliphatic heterocycles. The minimum atomic E-state index is -4.37. The highest BCUT2D eigenvalue weighted by Gasteiger charge is 2.31. The van der Waals surface area contributed by atoms with Gasteiger partial charge in [-0.15, -0.1) is 5.10 Å². The molecule has 3 aromatic rings. The van der Waals surface area contributed by atoms with Crippen LogP contribution in [0.25, 0.3) is 16.6 Å². The van der Waals surface area contributed by atoms with E-state index in [9.17, 15) is 13.2 Å². The van der Waals surface area contributed by atoms with Gasteiger partial charge < -0.3 is 10.2 Å². The first kappa shape index (κ1) is 16.0. The molecule has 0 radical (unpaired) electrons. The molecular formula is C18H17F3N4. The fraction of sp³-hybridized carbons (Fsp3) is 0.278. The number of fused-ring (bicyclic) bond motifs is 1. The van der Waals surface area contributed by atoms with Crippen LogP contribution in [0.2, 0.25) is 0 Å². The number of hydrogen-bond donors (Lipinski definition) is 1. The van der Waals surface area contributed by atoms with Gasteiger partial charge in [0.1, 0.15) is 0 Å². The Morgan fingerprint density at radius 2 is 1.72 bits per heavy atom. The van der Waals surface area contributed by atoms with Gasteiger partial charge in [-0.3, -0.25) is 0 Å². The molecule has 0 amide bonds. The molecule has 1 aliphatic rings. The Morgan fingerprint density at radius 3 is 2.48 bits per heavy atom. The fourth-order valence-electron chi connectivity index (χ4n) is 3.17. The van der Waals surface area contributed by atoms with E-state index >= 15 is 0 Å². The third-order valence-corrected chi connectivity index (χ3v) is 4.40. The van der Waals surface area contributed by atoms with E-state index in [2.05, 4.69) is 15.3 Å². The van der Waals surface area contributed by atoms with Crippen molar-refractivity contribution in [2.75, 3.05) is 31.1 Å². The molecule has 0 spiro atoms. The van der Waals surface area contributed by atoms with E-state index in [0.717, 1.165) is 55.0 Å². The van der Waals surface area contributed by atoms with E-state index in [4.69, 9.17) is 0 Å². The van der Waals surface area contributed by atoms with Crippen LogP contribution in [0.1, 0.15) is 5.56 Å². The summed E-state index contributed by atoms with van der Waals surface area (Å²) in [5.74, 6) is 0.814. The molecule has 1 aromatic heterocycles. The van der Waals surface area contributed by atoms with Crippen LogP contribution in [0.3, 0.4) is 0 Å². The highest BCUT2D eigenvalue weighted by molar-refractivity contribution is 5.91. The van der Waals surface area contributed by atoms with E-state index in [1.807, 2.05) is 24.3 Å². The number of benzene rings is 2. The Labute approximate surface area is 142 Å². The first-order chi connectivity index (χ1) is 12.0. The lowest BCUT2D eigenvalue weighted by Crippen LogP contribution is -2.43. The van der Waals surface area contributed by atoms with Crippen LogP contribution in [-0.4, -0.2) is 36.0 Å². The van der Waals surface area contributed by atoms with Crippen LogP contribution >= 0.6 is 0 Å². The van der Waals surface area contributed by atoms with Gasteiger partial charge in [0, 0.05) is 31.6 Å². The lowest BCUT2D eigenvalue weighted by Gasteiger charge is -2.27. The summed E-state index contributed by atoms with van der Waals surface area (Å²) in [6.07, 6.45) is -4.37. The summed E-state index contributed by atoms with van der Waals surface area (Å²) in [5.41, 5.74) is 0.538. The fourth-order valence-corrected chi connectivity index (χ4v) is 3.17. The standard InChI is InChI=1S/C18H17F3N4/c19-18(20,21)13-4-3-5-14(12-13)25-16-7-2-1-6-15(16)17(23-25)24-10-8-22-9-11-24/h1-7,12,22H,8-11H2. The molecule has 7 heteroatoms. The van der Waals surface area contributed by atoms with Gasteiger partial charge in [0.15, 0.2) is 5.82 Å². The van der Waals surface area contributed by atoms with Gasteiger partial charge in [-0.1, -0.05) is 18.2 Å². The van der Waals surface area contributed by atoms with Gasteiger partial charge in [0.2, 0.25) is 0 Å². The maximum absolute atomic E-state index is 13.0. The average Bonchev–Trinajstić information content (AvgIpc) is 3.02. The summed E-state index contributed by atoms with van der Waals surface area (Å²) in [5, 5.41) is 8.89. The van der Waals surface area contributed by atoms with Crippen molar-refractivity contribution in [2.45, 2.75) is 6.18 Å². The maximum Gasteiger partial charge on any atom is 0.416 e. The summed E-state index contributed by atoms with van der Waals surface area (Å²) < 4.78 is 40.7. The molecule has 130 valence electrons. The van der Waals surface area contributed by atoms with Crippen molar-refractivity contribution < 1.29 is 13.2 Å². The van der Waals surface area contributed by atoms with Gasteiger partial charge in [-0.2, -0.15) is 13.2 Å². The zero-order chi connectivity index (χ0) is 17.4. The minimum absolute atomic E-state index is 0.410. The Hall–Kier alpha value is -2.54. The number of hydrogen-bond acceptors (Lipinski definition) is 3. The van der Waals surface area contributed by atoms with Gasteiger partial charge in [-0.05, 0) is 30.3 Å². The first-order valence-corrected chi connectivity index (χ1v) is 8.15. The van der Waals surface area contributed by atoms with Crippen molar-refractivity contribution in [3.8, 4) is 5.69 Å². The number of rotatable bonds is 2. The topological polar surface area (TPSA) is 33.1 Å². The van der Waals surface area contributed by atoms with E-state index in [1.165, 1.54) is 6.07 Å². The SMILES string of the molecule is FC(F)(F)c1cccc(-n2nc(N3CCNCC3)c3ccccc32)c1. The van der Waals surface area contributed by atoms with E-state index in [-0.39, 0.29) is 0 Å². The van der Waals surface area contributed by atoms with E-state index < -0.39 is 11.7 Å². The number of piperazine rings is 1. The molecule has 2 heterocycles. The van der Waals surface area contributed by atoms with Crippen LogP contribution in [0.15, 0.2) is 48.5 Å². The predicted molar refractivity (Wildman–Crippen MR) is 91.2 cm³/mol. The molecule has 25 heavy (non-hydrogen) atoms. The molecule has 0 atom stereocenters. The quantitative estimate of drug-likeness (QED) is 0.772. The third kappa shape index (κ3) is 2.95. The lowest BCUT2D eigenvalue weighted by molar-refractivity contribution is -0.137. The van der Waals surface area contributed by atoms with Crippen LogP contribution in [0.5, 0.6) is 0 Å². The summed E-state index contributed by atoms with van der Waals surface area (Å²) >= 11 is 0. The smallest absolute Gasteiger partial charge is 0.352 e. The molecule has 1 saturated heterocycles. The highest BCUT2D eigenvalue weighted by Crippen LogP contribution is 2.32. The molecular weight excluding hydrogens is 329 g/mol. The Kier molecular flexibility index (Phi) is 3.88. The first-order valence-electron chi connectivity index (χ1n) is 8.15. The normalized spacial score (nSPS) is 15.7. The minimum Gasteiger partial charge on any atom is -0.352 e. The van der Waals surface area contributed by atoms with Crippen LogP contribution in [0.4, 0.5) is 19.0 Å². The molecule has 2 aromatic carbocycles. The summed E-state index contributed by atoms with van der Waals surface area (Å²) in [4.78, 5) is 2.17. The van der Waals surface area contributed by atoms with Crippen LogP contribution in [-0.2, 0) is 6.18 Å². The van der Waals surface area contributed by atoms with Gasteiger partial charge >= 0.3 is 6.18 Å². The van der Waals surface area contributed by atoms with Crippen molar-refractivity contribution in [1.82, 2.24) is 15.1 Å². The van der Waals surface area contributed by atoms with E-state index in [1.54, 1.807) is 10.7 Å². The van der Waals surface area contributed by atoms with E-state index in [0.29, 0.717) is 5.69 Å². The molecule has 4 rings (SSSR count). The van der Waals surface area contributed by atoms with Crippen LogP contribution in [0, 0.1) is 0 Å². The highest BCUT2D eigenvalue weighted by atomic mass is 19.4. The largest absolute Gasteiger partial charge is 0.416 e. The molecule has 0 saturated carbocycles. The lowest BCUT2D eigenvalue weighted by atomic mass is 10.2. The molecule has 4 nitrogen and oxygen atoms in total. The monoisotopic (exact) mass is 346 g/mol. The van der Waals surface area contributed by atoms with Crippen molar-refractivity contribution in [1.29, 1.82) is 0 Å². The number of anilines is 1. The number of aromatic nitrogens is 2. The zero-order valence-corrected chi connectivity index (χ0v) is 13.4. The zero-order valence-electron chi connectivity index (χ0n) is 13.4. The van der Waals surface area contributed by atoms with Crippen molar-refractivity contribution in [3.63, 3.8) is 0 Å². The van der Waals surface area contributed by atoms with Crippen molar-refractivity contribution in [2.24, 2.45) is 0 Å². The number of alkyl halides is 3. The average molecular weight is 346 g/mol. The van der Waals surface area contributed by atoms with Gasteiger partial charge in [0.05, 0.1) is 16.8 Å². The molecule has 0 bridgehead atoms. The molecule has 0 aliphatic carbocycles. The number of nitrogens with one attached hydrogen (secondary N) is 1. The van der Waals surface area contributed by atoms with Gasteiger partial charge in [-0.25, -0.2) is 4.68 Å². The second-order valence-electron chi connectivity index (χ2n) is 6.04. The number of nitrogens with zero attached hydrogens (tertiary/aromatic N) is 3. The third-order valence-electron chi connectivity index (χ3n) is 4.40. The molecule has 0 unspecified atom stereocenters. The summed E-state index contributed by atoms with van der Waals surface area (Å²) in [6, 6.07) is 12.9. The van der Waals surface area contributed by atoms with Crippen molar-refractivity contribution >= 4 is 16.7 Å². The Morgan fingerprint density at radius 1 is 0.960 bits per heavy atom. The number of halogens is 3. The molecule has 1 fully saturated rings. The van der Waals surface area contributed by atoms with Crippen LogP contribution < -0.4 is 10.2 Å². The summed E-state index contributed by atoms with van der Waals surface area (Å²) in [7, 11) is 0. The van der Waals surface area contributed by atoms with Gasteiger partial charge in [0.25, 0.3) is 0 Å². The maximum atomic E-state index is 13.0.